The van der Waals surface area contributed by atoms with Crippen molar-refractivity contribution in [3.05, 3.63) is 35.9 Å². The van der Waals surface area contributed by atoms with Crippen LogP contribution >= 0.6 is 0 Å². The average Bonchev–Trinajstić information content (AvgIpc) is 3.20. The second kappa shape index (κ2) is 7.50. The van der Waals surface area contributed by atoms with E-state index in [1.807, 2.05) is 30.3 Å². The predicted molar refractivity (Wildman–Crippen MR) is 116 cm³/mol. The number of rotatable bonds is 5. The summed E-state index contributed by atoms with van der Waals surface area (Å²) < 4.78 is 32.6. The van der Waals surface area contributed by atoms with Crippen LogP contribution in [0.15, 0.2) is 30.3 Å². The molecule has 1 spiro atoms. The maximum atomic E-state index is 13.3. The standard InChI is InChI=1S/C23H32N2O5S/c1-16(13-24(4)21(27)30-14-17-8-6-5-7-9-17)20(26)25-19-12-18-10-11-23(19,22(18,2)3)15-31(25,28)29/h5-9,16,18-19H,10-15H2,1-4H3/t16-,18-,19-,23-/m1/s1. The molecule has 1 heterocycles. The van der Waals surface area contributed by atoms with E-state index in [0.717, 1.165) is 24.8 Å². The van der Waals surface area contributed by atoms with Crippen LogP contribution in [0.5, 0.6) is 0 Å². The molecule has 3 fully saturated rings. The highest BCUT2D eigenvalue weighted by Gasteiger charge is 2.72. The smallest absolute Gasteiger partial charge is 0.409 e. The van der Waals surface area contributed by atoms with E-state index in [-0.39, 0.29) is 35.8 Å². The molecule has 3 aliphatic rings. The molecule has 2 aliphatic carbocycles. The zero-order chi connectivity index (χ0) is 22.6. The van der Waals surface area contributed by atoms with Crippen molar-refractivity contribution in [2.75, 3.05) is 19.3 Å². The van der Waals surface area contributed by atoms with Crippen LogP contribution in [0.1, 0.15) is 45.6 Å². The summed E-state index contributed by atoms with van der Waals surface area (Å²) in [6.07, 6.45) is 2.11. The van der Waals surface area contributed by atoms with Crippen molar-refractivity contribution in [2.24, 2.45) is 22.7 Å². The maximum Gasteiger partial charge on any atom is 0.409 e. The summed E-state index contributed by atoms with van der Waals surface area (Å²) >= 11 is 0. The lowest BCUT2D eigenvalue weighted by atomic mass is 9.69. The largest absolute Gasteiger partial charge is 0.445 e. The van der Waals surface area contributed by atoms with Gasteiger partial charge in [0.1, 0.15) is 6.61 Å². The Balaban J connectivity index is 1.41. The lowest BCUT2D eigenvalue weighted by Crippen LogP contribution is -2.47. The Hall–Kier alpha value is -2.09. The van der Waals surface area contributed by atoms with Gasteiger partial charge in [-0.25, -0.2) is 17.5 Å². The molecule has 2 bridgehead atoms. The first kappa shape index (κ1) is 22.1. The maximum absolute atomic E-state index is 13.3. The fourth-order valence-electron chi connectivity index (χ4n) is 6.19. The Labute approximate surface area is 184 Å². The van der Waals surface area contributed by atoms with Gasteiger partial charge in [0, 0.05) is 19.0 Å². The van der Waals surface area contributed by atoms with Gasteiger partial charge in [0.2, 0.25) is 15.9 Å². The third-order valence-corrected chi connectivity index (χ3v) is 10.0. The Morgan fingerprint density at radius 3 is 2.58 bits per heavy atom. The molecule has 1 aromatic rings. The molecule has 8 heteroatoms. The molecule has 0 radical (unpaired) electrons. The zero-order valence-electron chi connectivity index (χ0n) is 18.7. The molecule has 31 heavy (non-hydrogen) atoms. The van der Waals surface area contributed by atoms with Crippen LogP contribution in [0.3, 0.4) is 0 Å². The molecule has 4 rings (SSSR count). The highest BCUT2D eigenvalue weighted by atomic mass is 32.2. The molecule has 1 aliphatic heterocycles. The van der Waals surface area contributed by atoms with E-state index < -0.39 is 27.9 Å². The van der Waals surface area contributed by atoms with Crippen molar-refractivity contribution in [3.63, 3.8) is 0 Å². The Morgan fingerprint density at radius 2 is 1.94 bits per heavy atom. The van der Waals surface area contributed by atoms with Gasteiger partial charge in [0.15, 0.2) is 0 Å². The van der Waals surface area contributed by atoms with E-state index in [1.54, 1.807) is 14.0 Å². The molecule has 0 N–H and O–H groups in total. The number of amides is 2. The Bertz CT molecular complexity index is 977. The quantitative estimate of drug-likeness (QED) is 0.690. The van der Waals surface area contributed by atoms with Gasteiger partial charge < -0.3 is 9.64 Å². The summed E-state index contributed by atoms with van der Waals surface area (Å²) in [5, 5.41) is 0. The van der Waals surface area contributed by atoms with E-state index >= 15 is 0 Å². The summed E-state index contributed by atoms with van der Waals surface area (Å²) in [5.41, 5.74) is 0.453. The molecular formula is C23H32N2O5S. The van der Waals surface area contributed by atoms with Crippen molar-refractivity contribution in [1.82, 2.24) is 9.21 Å². The minimum absolute atomic E-state index is 0.0571. The van der Waals surface area contributed by atoms with E-state index in [0.29, 0.717) is 5.92 Å². The minimum Gasteiger partial charge on any atom is -0.445 e. The number of fused-ring (bicyclic) bond motifs is 1. The van der Waals surface area contributed by atoms with Gasteiger partial charge in [0.25, 0.3) is 0 Å². The number of hydrogen-bond donors (Lipinski definition) is 0. The minimum atomic E-state index is -3.66. The molecule has 170 valence electrons. The predicted octanol–water partition coefficient (Wildman–Crippen LogP) is 3.26. The number of hydrogen-bond acceptors (Lipinski definition) is 5. The zero-order valence-corrected chi connectivity index (χ0v) is 19.5. The van der Waals surface area contributed by atoms with Crippen LogP contribution in [0, 0.1) is 22.7 Å². The topological polar surface area (TPSA) is 84.0 Å². The number of nitrogens with zero attached hydrogens (tertiary/aromatic N) is 2. The van der Waals surface area contributed by atoms with Crippen LogP contribution < -0.4 is 0 Å². The molecule has 1 saturated heterocycles. The molecule has 7 nitrogen and oxygen atoms in total. The fourth-order valence-corrected chi connectivity index (χ4v) is 8.82. The Morgan fingerprint density at radius 1 is 1.26 bits per heavy atom. The fraction of sp³-hybridized carbons (Fsp3) is 0.652. The van der Waals surface area contributed by atoms with E-state index in [4.69, 9.17) is 4.74 Å². The van der Waals surface area contributed by atoms with Crippen molar-refractivity contribution < 1.29 is 22.7 Å². The lowest BCUT2D eigenvalue weighted by Gasteiger charge is -2.37. The Kier molecular flexibility index (Phi) is 5.35. The van der Waals surface area contributed by atoms with Crippen molar-refractivity contribution >= 4 is 22.0 Å². The van der Waals surface area contributed by atoms with Crippen LogP contribution in [0.4, 0.5) is 4.79 Å². The van der Waals surface area contributed by atoms with E-state index in [1.165, 1.54) is 9.21 Å². The van der Waals surface area contributed by atoms with Crippen molar-refractivity contribution in [2.45, 2.75) is 52.7 Å². The van der Waals surface area contributed by atoms with Crippen molar-refractivity contribution in [1.29, 1.82) is 0 Å². The van der Waals surface area contributed by atoms with Gasteiger partial charge in [-0.1, -0.05) is 51.1 Å². The number of benzene rings is 1. The summed E-state index contributed by atoms with van der Waals surface area (Å²) in [7, 11) is -2.09. The molecule has 1 aromatic carbocycles. The van der Waals surface area contributed by atoms with Gasteiger partial charge >= 0.3 is 6.09 Å². The highest BCUT2D eigenvalue weighted by molar-refractivity contribution is 7.90. The normalized spacial score (nSPS) is 30.6. The van der Waals surface area contributed by atoms with Crippen LogP contribution in [0.25, 0.3) is 0 Å². The highest BCUT2D eigenvalue weighted by Crippen LogP contribution is 2.70. The summed E-state index contributed by atoms with van der Waals surface area (Å²) in [5.74, 6) is -0.537. The second-order valence-corrected chi connectivity index (χ2v) is 11.9. The van der Waals surface area contributed by atoms with Gasteiger partial charge in [0.05, 0.1) is 17.7 Å². The van der Waals surface area contributed by atoms with E-state index in [2.05, 4.69) is 13.8 Å². The SMILES string of the molecule is C[C@H](CN(C)C(=O)OCc1ccccc1)C(=O)N1[C@@H]2C[C@H]3CC[C@]2(CS1(=O)=O)C3(C)C. The molecule has 0 unspecified atom stereocenters. The van der Waals surface area contributed by atoms with Gasteiger partial charge in [-0.15, -0.1) is 0 Å². The molecule has 2 amide bonds. The van der Waals surface area contributed by atoms with E-state index in [9.17, 15) is 18.0 Å². The van der Waals surface area contributed by atoms with Crippen LogP contribution in [-0.2, 0) is 26.2 Å². The third kappa shape index (κ3) is 3.43. The average molecular weight is 449 g/mol. The van der Waals surface area contributed by atoms with Crippen LogP contribution in [0.2, 0.25) is 0 Å². The van der Waals surface area contributed by atoms with Gasteiger partial charge in [-0.2, -0.15) is 0 Å². The van der Waals surface area contributed by atoms with Crippen molar-refractivity contribution in [3.8, 4) is 0 Å². The number of ether oxygens (including phenoxy) is 1. The molecule has 0 aromatic heterocycles. The number of sulfonamides is 1. The lowest BCUT2D eigenvalue weighted by molar-refractivity contribution is -0.133. The summed E-state index contributed by atoms with van der Waals surface area (Å²) in [6.45, 7) is 6.25. The molecule has 4 atom stereocenters. The van der Waals surface area contributed by atoms with Gasteiger partial charge in [-0.05, 0) is 36.2 Å². The first-order chi connectivity index (χ1) is 14.5. The molecular weight excluding hydrogens is 416 g/mol. The third-order valence-electron chi connectivity index (χ3n) is 8.11. The summed E-state index contributed by atoms with van der Waals surface area (Å²) in [4.78, 5) is 27.0. The molecule has 2 saturated carbocycles. The van der Waals surface area contributed by atoms with Crippen LogP contribution in [-0.4, -0.2) is 55.0 Å². The first-order valence-electron chi connectivity index (χ1n) is 11.0. The second-order valence-electron chi connectivity index (χ2n) is 10.1. The monoisotopic (exact) mass is 448 g/mol. The van der Waals surface area contributed by atoms with Gasteiger partial charge in [-0.3, -0.25) is 4.79 Å². The number of carbonyl (C=O) groups is 2. The first-order valence-corrected chi connectivity index (χ1v) is 12.6. The number of carbonyl (C=O) groups excluding carboxylic acids is 2. The summed E-state index contributed by atoms with van der Waals surface area (Å²) in [6, 6.07) is 9.10.